The molecule has 2 aliphatic rings. The van der Waals surface area contributed by atoms with Gasteiger partial charge in [-0.3, -0.25) is 9.59 Å². The number of carbonyl (C=O) groups is 2. The first-order valence-corrected chi connectivity index (χ1v) is 16.4. The molecule has 50 heavy (non-hydrogen) atoms. The quantitative estimate of drug-likeness (QED) is 0.120. The minimum absolute atomic E-state index is 0.0208. The van der Waals surface area contributed by atoms with Crippen molar-refractivity contribution in [2.24, 2.45) is 0 Å². The summed E-state index contributed by atoms with van der Waals surface area (Å²) in [5.74, 6) is 2.49. The monoisotopic (exact) mass is 674 g/mol. The predicted molar refractivity (Wildman–Crippen MR) is 191 cm³/mol. The molecule has 0 aliphatic heterocycles. The van der Waals surface area contributed by atoms with E-state index in [0.717, 1.165) is 31.4 Å². The molecule has 0 saturated heterocycles. The van der Waals surface area contributed by atoms with Crippen molar-refractivity contribution in [3.63, 3.8) is 0 Å². The maximum Gasteiger partial charge on any atom is 0.260 e. The van der Waals surface area contributed by atoms with Crippen LogP contribution < -0.4 is 26.0 Å². The van der Waals surface area contributed by atoms with Crippen molar-refractivity contribution in [3.05, 3.63) is 89.9 Å². The molecule has 2 amide bonds. The molecule has 4 N–H and O–H groups in total. The third-order valence-electron chi connectivity index (χ3n) is 8.98. The van der Waals surface area contributed by atoms with Gasteiger partial charge in [-0.1, -0.05) is 24.3 Å². The normalized spacial score (nSPS) is 15.1. The van der Waals surface area contributed by atoms with Crippen LogP contribution in [0.15, 0.2) is 76.1 Å². The number of carbonyl (C=O) groups excluding carboxylic acids is 2. The Morgan fingerprint density at radius 1 is 0.680 bits per heavy atom. The fraction of sp³-hybridized carbons (Fsp3) is 0.297. The van der Waals surface area contributed by atoms with Gasteiger partial charge in [0.15, 0.2) is 0 Å². The zero-order chi connectivity index (χ0) is 35.0. The van der Waals surface area contributed by atoms with Crippen LogP contribution in [0.4, 0.5) is 23.0 Å². The number of nitrogens with one attached hydrogen (secondary N) is 4. The minimum atomic E-state index is -0.270. The number of hydrogen-bond acceptors (Lipinski definition) is 11. The van der Waals surface area contributed by atoms with Crippen molar-refractivity contribution in [1.29, 1.82) is 0 Å². The number of ether oxygens (including phenoxy) is 1. The fourth-order valence-electron chi connectivity index (χ4n) is 5.63. The highest BCUT2D eigenvalue weighted by atomic mass is 16.5. The maximum absolute atomic E-state index is 12.9. The lowest BCUT2D eigenvalue weighted by atomic mass is 10.1. The molecule has 13 heteroatoms. The number of anilines is 4. The van der Waals surface area contributed by atoms with E-state index in [9.17, 15) is 9.59 Å². The molecular weight excluding hydrogens is 636 g/mol. The first-order chi connectivity index (χ1) is 24.0. The van der Waals surface area contributed by atoms with E-state index in [2.05, 4.69) is 55.1 Å². The molecule has 0 bridgehead atoms. The number of fused-ring (bicyclic) bond motifs is 2. The average molecular weight is 675 g/mol. The van der Waals surface area contributed by atoms with Crippen LogP contribution in [0, 0.1) is 13.8 Å². The summed E-state index contributed by atoms with van der Waals surface area (Å²) in [6.45, 7) is 7.79. The van der Waals surface area contributed by atoms with E-state index in [1.54, 1.807) is 33.1 Å². The van der Waals surface area contributed by atoms with Gasteiger partial charge in [-0.25, -0.2) is 19.9 Å². The first kappa shape index (κ1) is 32.6. The molecule has 256 valence electrons. The van der Waals surface area contributed by atoms with E-state index in [-0.39, 0.29) is 22.9 Å². The van der Waals surface area contributed by atoms with Gasteiger partial charge in [-0.05, 0) is 77.6 Å². The third-order valence-corrected chi connectivity index (χ3v) is 8.98. The highest BCUT2D eigenvalue weighted by Gasteiger charge is 2.39. The number of methoxy groups -OCH3 is 1. The number of amides is 2. The standard InChI is InChI=1S/C19H20N4O3.C18H18N4O2/c1-11-14(17(24)22-12-5-4-6-13(9-12)25-3)15-16(23-19(2)7-8-19)20-10-21-18(15)26-11;1-11-13(16(23)21-12-6-4-3-5-7-12)14-15(22-18(2)8-9-18)19-10-20-17(14)24-11/h4-6,9-10H,7-8H2,1-3H3,(H,22,24)(H,20,21,23);3-7,10H,8-9H2,1-2H3,(H,21,23)(H,19,20,22). The van der Waals surface area contributed by atoms with Gasteiger partial charge in [0.2, 0.25) is 11.4 Å². The lowest BCUT2D eigenvalue weighted by Gasteiger charge is -2.13. The van der Waals surface area contributed by atoms with Gasteiger partial charge in [-0.2, -0.15) is 0 Å². The Morgan fingerprint density at radius 2 is 1.16 bits per heavy atom. The van der Waals surface area contributed by atoms with Crippen molar-refractivity contribution in [3.8, 4) is 5.75 Å². The van der Waals surface area contributed by atoms with E-state index in [1.165, 1.54) is 12.7 Å². The predicted octanol–water partition coefficient (Wildman–Crippen LogP) is 7.50. The van der Waals surface area contributed by atoms with Crippen LogP contribution in [0.2, 0.25) is 0 Å². The summed E-state index contributed by atoms with van der Waals surface area (Å²) in [6.07, 6.45) is 7.21. The Balaban J connectivity index is 0.000000157. The van der Waals surface area contributed by atoms with E-state index >= 15 is 0 Å². The summed E-state index contributed by atoms with van der Waals surface area (Å²) in [4.78, 5) is 42.7. The van der Waals surface area contributed by atoms with E-state index in [0.29, 0.717) is 67.9 Å². The number of nitrogens with zero attached hydrogens (tertiary/aromatic N) is 4. The number of benzene rings is 2. The lowest BCUT2D eigenvalue weighted by Crippen LogP contribution is -2.18. The summed E-state index contributed by atoms with van der Waals surface area (Å²) in [6, 6.07) is 16.5. The van der Waals surface area contributed by atoms with E-state index in [1.807, 2.05) is 42.5 Å². The SMILES string of the molecule is COc1cccc(NC(=O)c2c(C)oc3ncnc(NC4(C)CC4)c23)c1.Cc1oc2ncnc(NC3(C)CC3)c2c1C(=O)Nc1ccccc1. The second kappa shape index (κ2) is 12.8. The highest BCUT2D eigenvalue weighted by Crippen LogP contribution is 2.41. The molecule has 4 heterocycles. The second-order valence-electron chi connectivity index (χ2n) is 13.2. The van der Waals surface area contributed by atoms with Crippen LogP contribution in [0.25, 0.3) is 22.2 Å². The number of aryl methyl sites for hydroxylation is 2. The van der Waals surface area contributed by atoms with Gasteiger partial charge < -0.3 is 34.8 Å². The van der Waals surface area contributed by atoms with Gasteiger partial charge in [-0.15, -0.1) is 0 Å². The molecule has 2 aromatic carbocycles. The van der Waals surface area contributed by atoms with Crippen molar-refractivity contribution in [1.82, 2.24) is 19.9 Å². The highest BCUT2D eigenvalue weighted by molar-refractivity contribution is 6.16. The van der Waals surface area contributed by atoms with Gasteiger partial charge in [0.1, 0.15) is 41.6 Å². The zero-order valence-corrected chi connectivity index (χ0v) is 28.5. The van der Waals surface area contributed by atoms with Crippen LogP contribution >= 0.6 is 0 Å². The Kier molecular flexibility index (Phi) is 8.34. The topological polar surface area (TPSA) is 169 Å². The molecule has 13 nitrogen and oxygen atoms in total. The number of rotatable bonds is 9. The van der Waals surface area contributed by atoms with Crippen LogP contribution in [-0.4, -0.2) is 49.9 Å². The number of hydrogen-bond donors (Lipinski definition) is 4. The summed E-state index contributed by atoms with van der Waals surface area (Å²) in [5, 5.41) is 13.9. The summed E-state index contributed by atoms with van der Waals surface area (Å²) < 4.78 is 16.6. The van der Waals surface area contributed by atoms with Gasteiger partial charge >= 0.3 is 0 Å². The minimum Gasteiger partial charge on any atom is -0.497 e. The fourth-order valence-corrected chi connectivity index (χ4v) is 5.63. The Morgan fingerprint density at radius 3 is 1.64 bits per heavy atom. The van der Waals surface area contributed by atoms with Crippen molar-refractivity contribution >= 4 is 57.0 Å². The molecule has 6 aromatic rings. The lowest BCUT2D eigenvalue weighted by molar-refractivity contribution is 0.101. The van der Waals surface area contributed by atoms with Crippen LogP contribution in [-0.2, 0) is 0 Å². The van der Waals surface area contributed by atoms with E-state index < -0.39 is 0 Å². The number of aromatic nitrogens is 4. The van der Waals surface area contributed by atoms with Crippen molar-refractivity contribution in [2.75, 3.05) is 28.4 Å². The van der Waals surface area contributed by atoms with Gasteiger partial charge in [0.25, 0.3) is 11.8 Å². The first-order valence-electron chi connectivity index (χ1n) is 16.4. The zero-order valence-electron chi connectivity index (χ0n) is 28.5. The summed E-state index contributed by atoms with van der Waals surface area (Å²) in [7, 11) is 1.59. The van der Waals surface area contributed by atoms with Gasteiger partial charge in [0.05, 0.1) is 29.0 Å². The van der Waals surface area contributed by atoms with Gasteiger partial charge in [0, 0.05) is 28.5 Å². The van der Waals surface area contributed by atoms with Crippen molar-refractivity contribution < 1.29 is 23.2 Å². The molecule has 4 aromatic heterocycles. The molecule has 2 fully saturated rings. The smallest absolute Gasteiger partial charge is 0.260 e. The van der Waals surface area contributed by atoms with Crippen LogP contribution in [0.1, 0.15) is 71.8 Å². The molecule has 0 atom stereocenters. The van der Waals surface area contributed by atoms with E-state index in [4.69, 9.17) is 13.6 Å². The molecule has 2 aliphatic carbocycles. The molecule has 0 spiro atoms. The third kappa shape index (κ3) is 6.79. The second-order valence-corrected chi connectivity index (χ2v) is 13.2. The maximum atomic E-state index is 12.9. The molecule has 2 saturated carbocycles. The largest absolute Gasteiger partial charge is 0.497 e. The Bertz CT molecular complexity index is 2220. The number of furan rings is 2. The van der Waals surface area contributed by atoms with Crippen molar-refractivity contribution in [2.45, 2.75) is 64.5 Å². The summed E-state index contributed by atoms with van der Waals surface area (Å²) in [5.41, 5.74) is 3.18. The average Bonchev–Trinajstić information content (AvgIpc) is 3.93. The number of para-hydroxylation sites is 1. The van der Waals surface area contributed by atoms with Crippen LogP contribution in [0.5, 0.6) is 5.75 Å². The molecular formula is C37H38N8O5. The molecule has 0 unspecified atom stereocenters. The Labute approximate surface area is 288 Å². The molecule has 8 rings (SSSR count). The molecule has 0 radical (unpaired) electrons. The Hall–Kier alpha value is -5.98. The summed E-state index contributed by atoms with van der Waals surface area (Å²) >= 11 is 0. The van der Waals surface area contributed by atoms with Crippen LogP contribution in [0.3, 0.4) is 0 Å².